The van der Waals surface area contributed by atoms with Crippen molar-refractivity contribution < 1.29 is 22.3 Å². The van der Waals surface area contributed by atoms with Crippen LogP contribution in [-0.2, 0) is 9.84 Å². The number of ether oxygens (including phenoxy) is 1. The lowest BCUT2D eigenvalue weighted by atomic mass is 10.1. The first kappa shape index (κ1) is 21.0. The van der Waals surface area contributed by atoms with Crippen molar-refractivity contribution in [1.82, 2.24) is 0 Å². The van der Waals surface area contributed by atoms with Crippen molar-refractivity contribution in [3.8, 4) is 5.75 Å². The van der Waals surface area contributed by atoms with E-state index in [0.29, 0.717) is 30.9 Å². The Balaban J connectivity index is 0.00000243. The van der Waals surface area contributed by atoms with Crippen LogP contribution < -0.4 is 10.5 Å². The van der Waals surface area contributed by atoms with Crippen LogP contribution in [0.5, 0.6) is 5.75 Å². The van der Waals surface area contributed by atoms with Crippen LogP contribution in [0.4, 0.5) is 0 Å². The molecule has 2 aromatic carbocycles. The SMILES string of the molecule is Cl.NCCCOc1ccc2c(c1)S(O)(O)CC2S(=O)(=O)c1ccccc1. The van der Waals surface area contributed by atoms with Gasteiger partial charge in [0.15, 0.2) is 9.84 Å². The predicted molar refractivity (Wildman–Crippen MR) is 105 cm³/mol. The van der Waals surface area contributed by atoms with Gasteiger partial charge >= 0.3 is 0 Å². The van der Waals surface area contributed by atoms with Gasteiger partial charge < -0.3 is 10.5 Å². The van der Waals surface area contributed by atoms with Gasteiger partial charge in [0.25, 0.3) is 0 Å². The summed E-state index contributed by atoms with van der Waals surface area (Å²) < 4.78 is 52.2. The van der Waals surface area contributed by atoms with Crippen molar-refractivity contribution in [3.05, 3.63) is 54.1 Å². The fourth-order valence-electron chi connectivity index (χ4n) is 2.85. The first-order chi connectivity index (χ1) is 11.9. The first-order valence-electron chi connectivity index (χ1n) is 7.88. The maximum Gasteiger partial charge on any atom is 0.187 e. The summed E-state index contributed by atoms with van der Waals surface area (Å²) in [6, 6.07) is 12.9. The summed E-state index contributed by atoms with van der Waals surface area (Å²) in [6.07, 6.45) is 0.679. The number of hydrogen-bond donors (Lipinski definition) is 3. The molecule has 26 heavy (non-hydrogen) atoms. The van der Waals surface area contributed by atoms with Crippen LogP contribution in [0.25, 0.3) is 0 Å². The molecule has 2 aromatic rings. The second-order valence-corrected chi connectivity index (χ2v) is 10.1. The number of fused-ring (bicyclic) bond motifs is 1. The minimum absolute atomic E-state index is 0. The molecule has 1 heterocycles. The van der Waals surface area contributed by atoms with Gasteiger partial charge in [-0.15, -0.1) is 12.4 Å². The van der Waals surface area contributed by atoms with Crippen molar-refractivity contribution in [2.75, 3.05) is 18.9 Å². The molecule has 144 valence electrons. The number of sulfone groups is 1. The number of hydrogen-bond acceptors (Lipinski definition) is 6. The molecule has 6 nitrogen and oxygen atoms in total. The average molecular weight is 420 g/mol. The van der Waals surface area contributed by atoms with Crippen LogP contribution in [0, 0.1) is 0 Å². The quantitative estimate of drug-likeness (QED) is 0.618. The van der Waals surface area contributed by atoms with Gasteiger partial charge in [-0.2, -0.15) is 10.6 Å². The van der Waals surface area contributed by atoms with Crippen molar-refractivity contribution in [3.63, 3.8) is 0 Å². The van der Waals surface area contributed by atoms with Crippen LogP contribution >= 0.6 is 23.0 Å². The molecule has 0 spiro atoms. The Kier molecular flexibility index (Phi) is 6.60. The maximum atomic E-state index is 12.9. The summed E-state index contributed by atoms with van der Waals surface area (Å²) in [5.41, 5.74) is 5.85. The molecule has 0 radical (unpaired) electrons. The molecular formula is C17H22ClNO5S2. The molecule has 0 fully saturated rings. The highest BCUT2D eigenvalue weighted by Gasteiger charge is 2.43. The van der Waals surface area contributed by atoms with E-state index in [0.717, 1.165) is 0 Å². The van der Waals surface area contributed by atoms with Crippen molar-refractivity contribution >= 4 is 32.8 Å². The molecule has 1 unspecified atom stereocenters. The van der Waals surface area contributed by atoms with Gasteiger partial charge in [0.2, 0.25) is 0 Å². The van der Waals surface area contributed by atoms with Crippen LogP contribution in [-0.4, -0.2) is 36.4 Å². The lowest BCUT2D eigenvalue weighted by Gasteiger charge is -2.27. The topological polar surface area (TPSA) is 110 Å². The van der Waals surface area contributed by atoms with E-state index in [2.05, 4.69) is 0 Å². The molecule has 1 aliphatic heterocycles. The molecule has 0 bridgehead atoms. The van der Waals surface area contributed by atoms with Crippen molar-refractivity contribution in [2.45, 2.75) is 21.5 Å². The summed E-state index contributed by atoms with van der Waals surface area (Å²) in [6.45, 7) is 0.914. The fourth-order valence-corrected chi connectivity index (χ4v) is 7.29. The van der Waals surface area contributed by atoms with Gasteiger partial charge in [-0.05, 0) is 36.7 Å². The lowest BCUT2D eigenvalue weighted by Crippen LogP contribution is -2.15. The maximum absolute atomic E-state index is 12.9. The Morgan fingerprint density at radius 2 is 1.85 bits per heavy atom. The molecule has 3 rings (SSSR count). The number of rotatable bonds is 6. The standard InChI is InChI=1S/C17H21NO5S2.ClH/c18-9-4-10-23-13-7-8-15-16(11-13)24(19,20)12-17(15)25(21,22)14-5-2-1-3-6-14;/h1-3,5-8,11,17,19-20H,4,9-10,12,18H2;1H. The second kappa shape index (κ2) is 8.16. The molecule has 1 atom stereocenters. The smallest absolute Gasteiger partial charge is 0.187 e. The molecule has 0 aromatic heterocycles. The molecule has 0 saturated carbocycles. The van der Waals surface area contributed by atoms with E-state index >= 15 is 0 Å². The zero-order chi connectivity index (χ0) is 18.1. The van der Waals surface area contributed by atoms with E-state index in [1.807, 2.05) is 0 Å². The van der Waals surface area contributed by atoms with Gasteiger partial charge in [-0.3, -0.25) is 9.11 Å². The third-order valence-corrected chi connectivity index (χ3v) is 8.30. The first-order valence-corrected chi connectivity index (χ1v) is 11.1. The number of nitrogens with two attached hydrogens (primary N) is 1. The number of benzene rings is 2. The van der Waals surface area contributed by atoms with E-state index in [1.165, 1.54) is 18.2 Å². The summed E-state index contributed by atoms with van der Waals surface area (Å²) in [5, 5.41) is -0.979. The summed E-state index contributed by atoms with van der Waals surface area (Å²) in [4.78, 5) is 0.425. The largest absolute Gasteiger partial charge is 0.493 e. The number of halogens is 1. The predicted octanol–water partition coefficient (Wildman–Crippen LogP) is 3.47. The molecule has 1 aliphatic rings. The lowest BCUT2D eigenvalue weighted by molar-refractivity contribution is 0.312. The molecule has 0 aliphatic carbocycles. The van der Waals surface area contributed by atoms with Crippen LogP contribution in [0.2, 0.25) is 0 Å². The van der Waals surface area contributed by atoms with E-state index in [4.69, 9.17) is 10.5 Å². The Morgan fingerprint density at radius 1 is 1.15 bits per heavy atom. The zero-order valence-corrected chi connectivity index (χ0v) is 16.4. The summed E-state index contributed by atoms with van der Waals surface area (Å²) in [7, 11) is -6.90. The minimum atomic E-state index is -3.71. The van der Waals surface area contributed by atoms with Gasteiger partial charge in [-0.1, -0.05) is 24.3 Å². The van der Waals surface area contributed by atoms with Crippen LogP contribution in [0.15, 0.2) is 58.3 Å². The van der Waals surface area contributed by atoms with E-state index in [1.54, 1.807) is 30.3 Å². The molecule has 9 heteroatoms. The fraction of sp³-hybridized carbons (Fsp3) is 0.294. The van der Waals surface area contributed by atoms with Gasteiger partial charge in [-0.25, -0.2) is 8.42 Å². The van der Waals surface area contributed by atoms with Crippen molar-refractivity contribution in [2.24, 2.45) is 5.73 Å². The van der Waals surface area contributed by atoms with Crippen molar-refractivity contribution in [1.29, 1.82) is 0 Å². The minimum Gasteiger partial charge on any atom is -0.493 e. The summed E-state index contributed by atoms with van der Waals surface area (Å²) in [5.74, 6) is 0.246. The van der Waals surface area contributed by atoms with Crippen LogP contribution in [0.3, 0.4) is 0 Å². The highest BCUT2D eigenvalue weighted by molar-refractivity contribution is 8.25. The van der Waals surface area contributed by atoms with Gasteiger partial charge in [0.05, 0.1) is 22.2 Å². The molecule has 0 amide bonds. The van der Waals surface area contributed by atoms with E-state index < -0.39 is 25.7 Å². The third-order valence-electron chi connectivity index (χ3n) is 4.13. The van der Waals surface area contributed by atoms with Gasteiger partial charge in [0, 0.05) is 6.07 Å². The Hall–Kier alpha value is -1.29. The van der Waals surface area contributed by atoms with Crippen LogP contribution in [0.1, 0.15) is 17.2 Å². The normalized spacial score (nSPS) is 19.3. The molecule has 4 N–H and O–H groups in total. The molecule has 0 saturated heterocycles. The Bertz CT molecular complexity index is 859. The zero-order valence-electron chi connectivity index (χ0n) is 13.9. The van der Waals surface area contributed by atoms with E-state index in [-0.39, 0.29) is 28.0 Å². The second-order valence-electron chi connectivity index (χ2n) is 5.87. The molecular weight excluding hydrogens is 398 g/mol. The van der Waals surface area contributed by atoms with E-state index in [9.17, 15) is 17.5 Å². The average Bonchev–Trinajstić information content (AvgIpc) is 2.88. The highest BCUT2D eigenvalue weighted by Crippen LogP contribution is 2.61. The third kappa shape index (κ3) is 4.00. The highest BCUT2D eigenvalue weighted by atomic mass is 35.5. The van der Waals surface area contributed by atoms with Gasteiger partial charge in [0.1, 0.15) is 11.0 Å². The monoisotopic (exact) mass is 419 g/mol. The summed E-state index contributed by atoms with van der Waals surface area (Å²) >= 11 is 0. The Morgan fingerprint density at radius 3 is 2.50 bits per heavy atom. The Labute approximate surface area is 161 Å².